The van der Waals surface area contributed by atoms with Crippen molar-refractivity contribution in [2.45, 2.75) is 55.7 Å². The van der Waals surface area contributed by atoms with Crippen LogP contribution in [-0.4, -0.2) is 109 Å². The minimum absolute atomic E-state index is 0.123. The van der Waals surface area contributed by atoms with Crippen molar-refractivity contribution in [2.24, 2.45) is 0 Å². The Balaban J connectivity index is 2.77. The van der Waals surface area contributed by atoms with E-state index in [4.69, 9.17) is 28.4 Å². The van der Waals surface area contributed by atoms with Crippen molar-refractivity contribution in [1.29, 1.82) is 0 Å². The molecule has 2 aromatic carbocycles. The number of aliphatic hydroxyl groups excluding tert-OH is 4. The summed E-state index contributed by atoms with van der Waals surface area (Å²) in [6.45, 7) is 4.55. The molecule has 0 saturated heterocycles. The van der Waals surface area contributed by atoms with Gasteiger partial charge in [0, 0.05) is 24.0 Å². The van der Waals surface area contributed by atoms with E-state index in [9.17, 15) is 30.6 Å². The van der Waals surface area contributed by atoms with Gasteiger partial charge in [-0.2, -0.15) is 0 Å². The molecule has 0 bridgehead atoms. The average molecular weight is 597 g/mol. The molecule has 0 saturated carbocycles. The van der Waals surface area contributed by atoms with Crippen LogP contribution in [0.5, 0.6) is 34.5 Å². The van der Waals surface area contributed by atoms with Gasteiger partial charge >= 0.3 is 0 Å². The van der Waals surface area contributed by atoms with Gasteiger partial charge in [0.15, 0.2) is 23.0 Å². The molecule has 1 unspecified atom stereocenters. The highest BCUT2D eigenvalue weighted by atomic mass is 16.5. The molecule has 0 spiro atoms. The fourth-order valence-electron chi connectivity index (χ4n) is 5.28. The summed E-state index contributed by atoms with van der Waals surface area (Å²) in [7, 11) is 8.44. The van der Waals surface area contributed by atoms with E-state index in [1.165, 1.54) is 54.8 Å². The molecule has 2 rings (SSSR count). The lowest BCUT2D eigenvalue weighted by Gasteiger charge is -2.46. The van der Waals surface area contributed by atoms with Crippen LogP contribution in [0.1, 0.15) is 24.5 Å². The monoisotopic (exact) mass is 596 g/mol. The van der Waals surface area contributed by atoms with Crippen LogP contribution < -0.4 is 28.4 Å². The first-order valence-electron chi connectivity index (χ1n) is 13.1. The fourth-order valence-corrected chi connectivity index (χ4v) is 5.28. The molecule has 12 nitrogen and oxygen atoms in total. The van der Waals surface area contributed by atoms with E-state index in [0.717, 1.165) is 0 Å². The molecule has 0 fully saturated rings. The average Bonchev–Trinajstić information content (AvgIpc) is 2.98. The Kier molecular flexibility index (Phi) is 12.3. The van der Waals surface area contributed by atoms with Gasteiger partial charge in [-0.1, -0.05) is 17.7 Å². The summed E-state index contributed by atoms with van der Waals surface area (Å²) in [6, 6.07) is 6.25. The molecule has 12 heteroatoms. The van der Waals surface area contributed by atoms with Crippen molar-refractivity contribution in [3.63, 3.8) is 0 Å². The number of hydrogen-bond donors (Lipinski definition) is 6. The lowest BCUT2D eigenvalue weighted by molar-refractivity contribution is -0.228. The summed E-state index contributed by atoms with van der Waals surface area (Å²) in [5.74, 6) is 1.44. The Labute approximate surface area is 246 Å². The van der Waals surface area contributed by atoms with Crippen LogP contribution in [0.25, 0.3) is 0 Å². The first-order valence-corrected chi connectivity index (χ1v) is 13.1. The van der Waals surface area contributed by atoms with Crippen molar-refractivity contribution in [2.75, 3.05) is 49.3 Å². The van der Waals surface area contributed by atoms with E-state index in [0.29, 0.717) is 22.6 Å². The predicted octanol–water partition coefficient (Wildman–Crippen LogP) is 1.03. The van der Waals surface area contributed by atoms with Crippen LogP contribution in [-0.2, 0) is 12.8 Å². The molecular weight excluding hydrogens is 552 g/mol. The maximum absolute atomic E-state index is 12.1. The lowest BCUT2D eigenvalue weighted by atomic mass is 9.71. The van der Waals surface area contributed by atoms with Gasteiger partial charge in [-0.3, -0.25) is 0 Å². The third-order valence-corrected chi connectivity index (χ3v) is 7.20. The number of aliphatic hydroxyl groups is 6. The summed E-state index contributed by atoms with van der Waals surface area (Å²) in [4.78, 5) is 0. The quantitative estimate of drug-likeness (QED) is 0.143. The van der Waals surface area contributed by atoms with Crippen molar-refractivity contribution < 1.29 is 59.1 Å². The van der Waals surface area contributed by atoms with Crippen LogP contribution in [0.15, 0.2) is 36.4 Å². The third kappa shape index (κ3) is 7.02. The number of benzene rings is 2. The highest BCUT2D eigenvalue weighted by Gasteiger charge is 2.55. The Morgan fingerprint density at radius 2 is 1.14 bits per heavy atom. The van der Waals surface area contributed by atoms with Crippen LogP contribution in [0, 0.1) is 0 Å². The summed E-state index contributed by atoms with van der Waals surface area (Å²) < 4.78 is 32.6. The largest absolute Gasteiger partial charge is 0.493 e. The maximum Gasteiger partial charge on any atom is 0.203 e. The van der Waals surface area contributed by atoms with Crippen molar-refractivity contribution in [1.82, 2.24) is 0 Å². The first-order chi connectivity index (χ1) is 19.8. The Bertz CT molecular complexity index is 1200. The molecule has 0 aromatic heterocycles. The molecule has 42 heavy (non-hydrogen) atoms. The molecule has 2 aromatic rings. The predicted molar refractivity (Wildman–Crippen MR) is 154 cm³/mol. The van der Waals surface area contributed by atoms with Crippen molar-refractivity contribution in [3.8, 4) is 34.5 Å². The SMILES string of the molecule is C=C(C)CC(O)(Cc1ccc(OC)c(OC)c1OC)[C@@H](O)[C@@](O)(Cc1ccc(OC)c(OC)c1OC)[C@H](O)[C@@H](O)CO. The molecule has 0 aliphatic heterocycles. The van der Waals surface area contributed by atoms with Gasteiger partial charge in [0.05, 0.1) is 49.3 Å². The maximum atomic E-state index is 12.1. The number of ether oxygens (including phenoxy) is 6. The van der Waals surface area contributed by atoms with E-state index in [2.05, 4.69) is 6.58 Å². The molecule has 0 amide bonds. The number of rotatable bonds is 17. The van der Waals surface area contributed by atoms with Gasteiger partial charge in [0.2, 0.25) is 11.5 Å². The zero-order valence-corrected chi connectivity index (χ0v) is 25.2. The smallest absolute Gasteiger partial charge is 0.203 e. The molecule has 236 valence electrons. The van der Waals surface area contributed by atoms with E-state index in [1.54, 1.807) is 19.1 Å². The van der Waals surface area contributed by atoms with Crippen LogP contribution in [0.3, 0.4) is 0 Å². The van der Waals surface area contributed by atoms with Crippen molar-refractivity contribution >= 4 is 0 Å². The van der Waals surface area contributed by atoms with E-state index >= 15 is 0 Å². The van der Waals surface area contributed by atoms with Gasteiger partial charge in [-0.05, 0) is 25.5 Å². The summed E-state index contributed by atoms with van der Waals surface area (Å²) in [5.41, 5.74) is -3.81. The number of methoxy groups -OCH3 is 6. The molecule has 0 radical (unpaired) electrons. The second-order valence-corrected chi connectivity index (χ2v) is 10.2. The minimum Gasteiger partial charge on any atom is -0.493 e. The first kappa shape index (κ1) is 34.9. The van der Waals surface area contributed by atoms with Crippen LogP contribution in [0.2, 0.25) is 0 Å². The Morgan fingerprint density at radius 1 is 0.714 bits per heavy atom. The molecule has 0 aliphatic rings. The molecule has 5 atom stereocenters. The molecule has 6 N–H and O–H groups in total. The third-order valence-electron chi connectivity index (χ3n) is 7.20. The second-order valence-electron chi connectivity index (χ2n) is 10.2. The zero-order chi connectivity index (χ0) is 31.8. The standard InChI is InChI=1S/C30H44O12/c1-17(2)13-29(35,14-18-9-11-21(37-3)25(41-7)23(18)39-5)28(34)30(36,27(33)20(32)16-31)15-19-10-12-22(38-4)26(42-8)24(19)40-6/h9-12,20,27-28,31-36H,1,13-16H2,2-8H3/t20-,27+,28+,29?,30+/m0/s1. The highest BCUT2D eigenvalue weighted by molar-refractivity contribution is 5.57. The Morgan fingerprint density at radius 3 is 1.50 bits per heavy atom. The summed E-state index contributed by atoms with van der Waals surface area (Å²) in [6.07, 6.45) is -7.29. The second kappa shape index (κ2) is 14.8. The molecular formula is C30H44O12. The summed E-state index contributed by atoms with van der Waals surface area (Å²) in [5, 5.41) is 67.3. The Hall–Kier alpha value is -3.26. The van der Waals surface area contributed by atoms with Crippen LogP contribution >= 0.6 is 0 Å². The normalized spacial score (nSPS) is 16.3. The van der Waals surface area contributed by atoms with Gasteiger partial charge in [0.25, 0.3) is 0 Å². The lowest BCUT2D eigenvalue weighted by Crippen LogP contribution is -2.66. The van der Waals surface area contributed by atoms with Crippen LogP contribution in [0.4, 0.5) is 0 Å². The summed E-state index contributed by atoms with van der Waals surface area (Å²) >= 11 is 0. The van der Waals surface area contributed by atoms with Gasteiger partial charge in [-0.25, -0.2) is 0 Å². The minimum atomic E-state index is -2.66. The topological polar surface area (TPSA) is 177 Å². The van der Waals surface area contributed by atoms with E-state index < -0.39 is 42.5 Å². The van der Waals surface area contributed by atoms with Gasteiger partial charge < -0.3 is 59.1 Å². The van der Waals surface area contributed by atoms with Crippen molar-refractivity contribution in [3.05, 3.63) is 47.5 Å². The van der Waals surface area contributed by atoms with Gasteiger partial charge in [-0.15, -0.1) is 6.58 Å². The zero-order valence-electron chi connectivity index (χ0n) is 25.2. The van der Waals surface area contributed by atoms with E-state index in [1.807, 2.05) is 0 Å². The number of hydrogen-bond acceptors (Lipinski definition) is 12. The molecule has 0 heterocycles. The fraction of sp³-hybridized carbons (Fsp3) is 0.533. The molecule has 0 aliphatic carbocycles. The van der Waals surface area contributed by atoms with Gasteiger partial charge in [0.1, 0.15) is 29.5 Å². The van der Waals surface area contributed by atoms with E-state index in [-0.39, 0.29) is 41.4 Å². The highest BCUT2D eigenvalue weighted by Crippen LogP contribution is 2.45.